The molecule has 11 heteroatoms. The topological polar surface area (TPSA) is 125 Å². The van der Waals surface area contributed by atoms with Crippen LogP contribution in [0.4, 0.5) is 9.59 Å². The van der Waals surface area contributed by atoms with Crippen LogP contribution in [0, 0.1) is 0 Å². The summed E-state index contributed by atoms with van der Waals surface area (Å²) in [6, 6.07) is 3.60. The predicted octanol–water partition coefficient (Wildman–Crippen LogP) is 4.77. The predicted molar refractivity (Wildman–Crippen MR) is 163 cm³/mol. The fourth-order valence-corrected chi connectivity index (χ4v) is 4.68. The minimum absolute atomic E-state index is 0.0855. The zero-order chi connectivity index (χ0) is 32.3. The zero-order valence-electron chi connectivity index (χ0n) is 26.8. The molecule has 1 aliphatic rings. The Labute approximate surface area is 253 Å². The van der Waals surface area contributed by atoms with Gasteiger partial charge in [0.2, 0.25) is 11.6 Å². The highest BCUT2D eigenvalue weighted by Crippen LogP contribution is 2.42. The van der Waals surface area contributed by atoms with E-state index < -0.39 is 35.0 Å². The summed E-state index contributed by atoms with van der Waals surface area (Å²) in [5.74, 6) is -0.805. The SMILES string of the molecule is COc1ccc(CCN(C)C)c(C2=Cc3c(c(CCNC(=O)OC(C)(C)C)cn3C(=O)OC(C)(C)C)C(=O)C2=O)c1OC. The van der Waals surface area contributed by atoms with Crippen molar-refractivity contribution >= 4 is 35.4 Å². The maximum atomic E-state index is 13.8. The first-order valence-electron chi connectivity index (χ1n) is 14.1. The van der Waals surface area contributed by atoms with E-state index in [4.69, 9.17) is 18.9 Å². The molecule has 1 amide bonds. The van der Waals surface area contributed by atoms with Crippen LogP contribution in [0.5, 0.6) is 11.5 Å². The standard InChI is InChI=1S/C32H43N3O8/c1-31(2,3)42-29(38)33-15-13-20-18-35(30(39)43-32(4,5)6)22-17-21(26(36)27(37)25(20)22)24-19(14-16-34(7)8)11-12-23(40-9)28(24)41-10/h11-12,17-18H,13-16H2,1-10H3,(H,33,38). The number of amides is 1. The summed E-state index contributed by atoms with van der Waals surface area (Å²) in [6.45, 7) is 11.2. The second kappa shape index (κ2) is 13.0. The molecule has 0 atom stereocenters. The maximum absolute atomic E-state index is 13.8. The third-order valence-corrected chi connectivity index (χ3v) is 6.46. The van der Waals surface area contributed by atoms with Crippen LogP contribution < -0.4 is 14.8 Å². The molecular formula is C32H43N3O8. The summed E-state index contributed by atoms with van der Waals surface area (Å²) in [6.07, 6.45) is 2.41. The molecule has 0 radical (unpaired) electrons. The van der Waals surface area contributed by atoms with Crippen molar-refractivity contribution in [3.8, 4) is 11.5 Å². The maximum Gasteiger partial charge on any atom is 0.419 e. The Balaban J connectivity index is 2.18. The molecule has 1 heterocycles. The van der Waals surface area contributed by atoms with E-state index in [0.717, 1.165) is 5.56 Å². The molecule has 2 aromatic rings. The number of rotatable bonds is 9. The van der Waals surface area contributed by atoms with Crippen LogP contribution in [0.25, 0.3) is 11.6 Å². The molecule has 43 heavy (non-hydrogen) atoms. The fourth-order valence-electron chi connectivity index (χ4n) is 4.68. The molecule has 1 aliphatic carbocycles. The minimum atomic E-state index is -0.816. The quantitative estimate of drug-likeness (QED) is 0.407. The number of hydrogen-bond donors (Lipinski definition) is 1. The van der Waals surface area contributed by atoms with Gasteiger partial charge < -0.3 is 29.2 Å². The van der Waals surface area contributed by atoms with Gasteiger partial charge in [0.15, 0.2) is 11.5 Å². The van der Waals surface area contributed by atoms with Gasteiger partial charge >= 0.3 is 12.2 Å². The number of allylic oxidation sites excluding steroid dienone is 1. The number of hydrogen-bond acceptors (Lipinski definition) is 9. The van der Waals surface area contributed by atoms with Crippen molar-refractivity contribution in [1.82, 2.24) is 14.8 Å². The number of nitrogens with zero attached hydrogens (tertiary/aromatic N) is 2. The number of Topliss-reactive ketones (excluding diaryl/α,β-unsaturated/α-hetero) is 2. The normalized spacial score (nSPS) is 13.4. The first kappa shape index (κ1) is 33.4. The number of ketones is 2. The third-order valence-electron chi connectivity index (χ3n) is 6.46. The average molecular weight is 598 g/mol. The number of nitrogens with one attached hydrogen (secondary N) is 1. The zero-order valence-corrected chi connectivity index (χ0v) is 26.8. The molecule has 0 saturated carbocycles. The smallest absolute Gasteiger partial charge is 0.419 e. The van der Waals surface area contributed by atoms with E-state index >= 15 is 0 Å². The molecule has 3 rings (SSSR count). The van der Waals surface area contributed by atoms with E-state index in [1.54, 1.807) is 47.6 Å². The van der Waals surface area contributed by atoms with Crippen molar-refractivity contribution in [3.05, 3.63) is 46.3 Å². The summed E-state index contributed by atoms with van der Waals surface area (Å²) >= 11 is 0. The van der Waals surface area contributed by atoms with E-state index in [9.17, 15) is 19.2 Å². The Bertz CT molecular complexity index is 1440. The lowest BCUT2D eigenvalue weighted by molar-refractivity contribution is -0.110. The second-order valence-electron chi connectivity index (χ2n) is 12.5. The lowest BCUT2D eigenvalue weighted by Crippen LogP contribution is -2.33. The van der Waals surface area contributed by atoms with Crippen molar-refractivity contribution in [2.75, 3.05) is 41.4 Å². The Morgan fingerprint density at radius 1 is 0.860 bits per heavy atom. The van der Waals surface area contributed by atoms with E-state index in [0.29, 0.717) is 35.6 Å². The van der Waals surface area contributed by atoms with Crippen LogP contribution in [0.15, 0.2) is 18.3 Å². The highest BCUT2D eigenvalue weighted by atomic mass is 16.6. The average Bonchev–Trinajstić information content (AvgIpc) is 3.25. The highest BCUT2D eigenvalue weighted by Gasteiger charge is 2.37. The Kier molecular flexibility index (Phi) is 10.1. The van der Waals surface area contributed by atoms with Gasteiger partial charge in [-0.15, -0.1) is 0 Å². The summed E-state index contributed by atoms with van der Waals surface area (Å²) in [7, 11) is 6.84. The third kappa shape index (κ3) is 8.04. The van der Waals surface area contributed by atoms with Gasteiger partial charge in [0.1, 0.15) is 11.2 Å². The van der Waals surface area contributed by atoms with Gasteiger partial charge in [-0.25, -0.2) is 9.59 Å². The first-order chi connectivity index (χ1) is 20.0. The number of aromatic nitrogens is 1. The number of ether oxygens (including phenoxy) is 4. The molecular weight excluding hydrogens is 554 g/mol. The van der Waals surface area contributed by atoms with Crippen LogP contribution in [0.3, 0.4) is 0 Å². The molecule has 1 aromatic carbocycles. The molecule has 0 saturated heterocycles. The monoisotopic (exact) mass is 597 g/mol. The van der Waals surface area contributed by atoms with Gasteiger partial charge in [0.05, 0.1) is 25.5 Å². The van der Waals surface area contributed by atoms with Crippen molar-refractivity contribution in [1.29, 1.82) is 0 Å². The lowest BCUT2D eigenvalue weighted by Gasteiger charge is -2.23. The minimum Gasteiger partial charge on any atom is -0.493 e. The van der Waals surface area contributed by atoms with Gasteiger partial charge in [-0.05, 0) is 91.7 Å². The second-order valence-corrected chi connectivity index (χ2v) is 12.5. The Morgan fingerprint density at radius 2 is 1.51 bits per heavy atom. The molecule has 0 fully saturated rings. The molecule has 11 nitrogen and oxygen atoms in total. The molecule has 0 spiro atoms. The molecule has 1 aromatic heterocycles. The van der Waals surface area contributed by atoms with Crippen molar-refractivity contribution in [3.63, 3.8) is 0 Å². The van der Waals surface area contributed by atoms with Gasteiger partial charge in [-0.1, -0.05) is 6.07 Å². The van der Waals surface area contributed by atoms with Crippen LogP contribution in [-0.2, 0) is 27.1 Å². The van der Waals surface area contributed by atoms with Crippen LogP contribution >= 0.6 is 0 Å². The molecule has 0 bridgehead atoms. The number of methoxy groups -OCH3 is 2. The number of likely N-dealkylation sites (N-methyl/N-ethyl adjacent to an activating group) is 1. The number of benzene rings is 1. The Hall–Kier alpha value is -4.12. The summed E-state index contributed by atoms with van der Waals surface area (Å²) in [4.78, 5) is 55.2. The van der Waals surface area contributed by atoms with Crippen LogP contribution in [0.1, 0.15) is 74.3 Å². The van der Waals surface area contributed by atoms with Gasteiger partial charge in [-0.3, -0.25) is 14.2 Å². The molecule has 234 valence electrons. The van der Waals surface area contributed by atoms with E-state index in [1.807, 2.05) is 25.1 Å². The lowest BCUT2D eigenvalue weighted by atomic mass is 9.85. The van der Waals surface area contributed by atoms with Crippen LogP contribution in [0.2, 0.25) is 0 Å². The number of fused-ring (bicyclic) bond motifs is 1. The number of alkyl carbamates (subject to hydrolysis) is 1. The summed E-state index contributed by atoms with van der Waals surface area (Å²) in [5, 5.41) is 2.66. The van der Waals surface area contributed by atoms with Crippen molar-refractivity contribution in [2.24, 2.45) is 0 Å². The van der Waals surface area contributed by atoms with E-state index in [-0.39, 0.29) is 29.8 Å². The fraction of sp³-hybridized carbons (Fsp3) is 0.500. The van der Waals surface area contributed by atoms with Crippen molar-refractivity contribution in [2.45, 2.75) is 65.6 Å². The van der Waals surface area contributed by atoms with Crippen molar-refractivity contribution < 1.29 is 38.1 Å². The summed E-state index contributed by atoms with van der Waals surface area (Å²) in [5.41, 5.74) is 0.506. The molecule has 0 aliphatic heterocycles. The van der Waals surface area contributed by atoms with Crippen LogP contribution in [-0.4, -0.2) is 85.8 Å². The van der Waals surface area contributed by atoms with Gasteiger partial charge in [-0.2, -0.15) is 0 Å². The van der Waals surface area contributed by atoms with E-state index in [2.05, 4.69) is 5.32 Å². The van der Waals surface area contributed by atoms with E-state index in [1.165, 1.54) is 31.1 Å². The van der Waals surface area contributed by atoms with Gasteiger partial charge in [0.25, 0.3) is 0 Å². The largest absolute Gasteiger partial charge is 0.493 e. The summed E-state index contributed by atoms with van der Waals surface area (Å²) < 4.78 is 23.4. The molecule has 1 N–H and O–H groups in total. The highest BCUT2D eigenvalue weighted by molar-refractivity contribution is 6.62. The number of carbonyl (C=O) groups is 4. The number of carbonyl (C=O) groups excluding carboxylic acids is 4. The molecule has 0 unspecified atom stereocenters. The first-order valence-corrected chi connectivity index (χ1v) is 14.1. The Morgan fingerprint density at radius 3 is 2.07 bits per heavy atom. The van der Waals surface area contributed by atoms with Gasteiger partial charge in [0, 0.05) is 30.4 Å².